The Morgan fingerprint density at radius 3 is 0.611 bits per heavy atom. The molecule has 0 unspecified atom stereocenters. The molecule has 36 heavy (non-hydrogen) atoms. The summed E-state index contributed by atoms with van der Waals surface area (Å²) in [5.41, 5.74) is 0. The van der Waals surface area contributed by atoms with Crippen LogP contribution in [0, 0.1) is 0 Å². The highest BCUT2D eigenvalue weighted by atomic mass is 16.1. The van der Waals surface area contributed by atoms with E-state index in [1.807, 2.05) is 0 Å². The minimum absolute atomic E-state index is 0.763. The molecule has 0 bridgehead atoms. The highest BCUT2D eigenvalue weighted by Gasteiger charge is 1.97. The maximum atomic E-state index is 10.3. The van der Waals surface area contributed by atoms with Crippen molar-refractivity contribution >= 4 is 6.29 Å². The van der Waals surface area contributed by atoms with Crippen LogP contribution in [0.3, 0.4) is 0 Å². The van der Waals surface area contributed by atoms with E-state index in [1.54, 1.807) is 0 Å². The fourth-order valence-corrected chi connectivity index (χ4v) is 5.60. The van der Waals surface area contributed by atoms with Crippen molar-refractivity contribution in [3.8, 4) is 0 Å². The maximum Gasteiger partial charge on any atom is 0.119 e. The standard InChI is InChI=1S/C35H70O/c1-2-3-4-5-6-7-8-9-10-11-12-13-14-15-16-17-18-19-20-21-22-23-24-25-26-27-28-29-30-31-32-33-34-35-36/h35H,2-34H2,1H3. The first-order valence-corrected chi connectivity index (χ1v) is 17.4. The highest BCUT2D eigenvalue weighted by Crippen LogP contribution is 2.16. The van der Waals surface area contributed by atoms with E-state index in [2.05, 4.69) is 6.92 Å². The number of rotatable bonds is 33. The molecule has 1 heteroatoms. The zero-order chi connectivity index (χ0) is 26.0. The first-order valence-electron chi connectivity index (χ1n) is 17.4. The van der Waals surface area contributed by atoms with Crippen LogP contribution >= 0.6 is 0 Å². The second kappa shape index (κ2) is 34.7. The normalized spacial score (nSPS) is 11.4. The first-order chi connectivity index (χ1) is 17.9. The summed E-state index contributed by atoms with van der Waals surface area (Å²) in [6, 6.07) is 0. The molecule has 0 aromatic rings. The summed E-state index contributed by atoms with van der Waals surface area (Å²) >= 11 is 0. The van der Waals surface area contributed by atoms with E-state index in [4.69, 9.17) is 0 Å². The molecule has 1 nitrogen and oxygen atoms in total. The second-order valence-corrected chi connectivity index (χ2v) is 11.9. The fraction of sp³-hybridized carbons (Fsp3) is 0.971. The summed E-state index contributed by atoms with van der Waals surface area (Å²) in [4.78, 5) is 10.3. The number of carbonyl (C=O) groups is 1. The predicted octanol–water partition coefficient (Wildman–Crippen LogP) is 13.1. The molecule has 0 heterocycles. The van der Waals surface area contributed by atoms with E-state index in [0.29, 0.717) is 0 Å². The van der Waals surface area contributed by atoms with Gasteiger partial charge >= 0.3 is 0 Å². The maximum absolute atomic E-state index is 10.3. The van der Waals surface area contributed by atoms with Crippen LogP contribution in [0.1, 0.15) is 219 Å². The highest BCUT2D eigenvalue weighted by molar-refractivity contribution is 5.48. The van der Waals surface area contributed by atoms with Gasteiger partial charge in [-0.25, -0.2) is 0 Å². The van der Waals surface area contributed by atoms with Gasteiger partial charge in [0.1, 0.15) is 6.29 Å². The van der Waals surface area contributed by atoms with E-state index >= 15 is 0 Å². The van der Waals surface area contributed by atoms with Crippen LogP contribution in [0.15, 0.2) is 0 Å². The van der Waals surface area contributed by atoms with E-state index in [0.717, 1.165) is 19.1 Å². The predicted molar refractivity (Wildman–Crippen MR) is 164 cm³/mol. The molecular formula is C35H70O. The van der Waals surface area contributed by atoms with E-state index in [-0.39, 0.29) is 0 Å². The molecule has 0 atom stereocenters. The molecule has 0 rings (SSSR count). The van der Waals surface area contributed by atoms with Gasteiger partial charge in [-0.1, -0.05) is 206 Å². The Balaban J connectivity index is 3.00. The van der Waals surface area contributed by atoms with Gasteiger partial charge in [0.05, 0.1) is 0 Å². The summed E-state index contributed by atoms with van der Waals surface area (Å²) in [7, 11) is 0. The van der Waals surface area contributed by atoms with Crippen molar-refractivity contribution in [2.45, 2.75) is 219 Å². The molecule has 0 aliphatic heterocycles. The fourth-order valence-electron chi connectivity index (χ4n) is 5.60. The number of hydrogen-bond donors (Lipinski definition) is 0. The second-order valence-electron chi connectivity index (χ2n) is 11.9. The van der Waals surface area contributed by atoms with Gasteiger partial charge in [-0.2, -0.15) is 0 Å². The molecule has 0 aliphatic rings. The molecule has 0 aliphatic carbocycles. The third kappa shape index (κ3) is 33.7. The topological polar surface area (TPSA) is 17.1 Å². The zero-order valence-electron chi connectivity index (χ0n) is 25.3. The number of carbonyl (C=O) groups excluding carboxylic acids is 1. The summed E-state index contributed by atoms with van der Waals surface area (Å²) in [5, 5.41) is 0. The summed E-state index contributed by atoms with van der Waals surface area (Å²) in [6.07, 6.45) is 47.9. The van der Waals surface area contributed by atoms with Gasteiger partial charge in [0.15, 0.2) is 0 Å². The quantitative estimate of drug-likeness (QED) is 0.0638. The molecule has 0 N–H and O–H groups in total. The van der Waals surface area contributed by atoms with Crippen molar-refractivity contribution in [1.82, 2.24) is 0 Å². The van der Waals surface area contributed by atoms with Gasteiger partial charge in [0, 0.05) is 6.42 Å². The minimum Gasteiger partial charge on any atom is -0.303 e. The molecule has 0 spiro atoms. The lowest BCUT2D eigenvalue weighted by Gasteiger charge is -2.04. The summed E-state index contributed by atoms with van der Waals surface area (Å²) < 4.78 is 0. The number of unbranched alkanes of at least 4 members (excludes halogenated alkanes) is 32. The Bertz CT molecular complexity index is 377. The van der Waals surface area contributed by atoms with Gasteiger partial charge in [-0.05, 0) is 6.42 Å². The average molecular weight is 507 g/mol. The van der Waals surface area contributed by atoms with E-state index in [9.17, 15) is 4.79 Å². The van der Waals surface area contributed by atoms with Crippen molar-refractivity contribution in [3.63, 3.8) is 0 Å². The lowest BCUT2D eigenvalue weighted by Crippen LogP contribution is -1.85. The largest absolute Gasteiger partial charge is 0.303 e. The number of hydrogen-bond acceptors (Lipinski definition) is 1. The van der Waals surface area contributed by atoms with Crippen LogP contribution in [0.2, 0.25) is 0 Å². The van der Waals surface area contributed by atoms with Crippen LogP contribution in [0.25, 0.3) is 0 Å². The molecule has 0 saturated carbocycles. The average Bonchev–Trinajstić information content (AvgIpc) is 2.89. The van der Waals surface area contributed by atoms with Crippen molar-refractivity contribution in [2.24, 2.45) is 0 Å². The smallest absolute Gasteiger partial charge is 0.119 e. The third-order valence-corrected chi connectivity index (χ3v) is 8.18. The minimum atomic E-state index is 0.763. The molecule has 0 fully saturated rings. The van der Waals surface area contributed by atoms with Crippen molar-refractivity contribution in [1.29, 1.82) is 0 Å². The van der Waals surface area contributed by atoms with Crippen LogP contribution < -0.4 is 0 Å². The molecular weight excluding hydrogens is 436 g/mol. The van der Waals surface area contributed by atoms with Crippen molar-refractivity contribution in [2.75, 3.05) is 0 Å². The Hall–Kier alpha value is -0.330. The zero-order valence-corrected chi connectivity index (χ0v) is 25.3. The molecule has 0 radical (unpaired) electrons. The third-order valence-electron chi connectivity index (χ3n) is 8.18. The Morgan fingerprint density at radius 2 is 0.444 bits per heavy atom. The molecule has 0 aromatic carbocycles. The van der Waals surface area contributed by atoms with Crippen LogP contribution in [-0.4, -0.2) is 6.29 Å². The van der Waals surface area contributed by atoms with Crippen LogP contribution in [-0.2, 0) is 4.79 Å². The lowest BCUT2D eigenvalue weighted by atomic mass is 10.0. The lowest BCUT2D eigenvalue weighted by molar-refractivity contribution is -0.107. The Labute approximate surface area is 229 Å². The Morgan fingerprint density at radius 1 is 0.278 bits per heavy atom. The monoisotopic (exact) mass is 507 g/mol. The van der Waals surface area contributed by atoms with Crippen LogP contribution in [0.4, 0.5) is 0 Å². The molecule has 0 aromatic heterocycles. The van der Waals surface area contributed by atoms with Gasteiger partial charge in [0.25, 0.3) is 0 Å². The van der Waals surface area contributed by atoms with Crippen LogP contribution in [0.5, 0.6) is 0 Å². The SMILES string of the molecule is CCCCCCCCCCCCCCCCCCCCCCCCCCCCCCCCCCC=O. The molecule has 0 saturated heterocycles. The molecule has 216 valence electrons. The summed E-state index contributed by atoms with van der Waals surface area (Å²) in [6.45, 7) is 2.30. The van der Waals surface area contributed by atoms with E-state index in [1.165, 1.54) is 199 Å². The van der Waals surface area contributed by atoms with Gasteiger partial charge in [0.2, 0.25) is 0 Å². The van der Waals surface area contributed by atoms with Gasteiger partial charge < -0.3 is 4.79 Å². The van der Waals surface area contributed by atoms with Crippen molar-refractivity contribution < 1.29 is 4.79 Å². The number of aldehydes is 1. The Kier molecular flexibility index (Phi) is 34.4. The van der Waals surface area contributed by atoms with Gasteiger partial charge in [-0.15, -0.1) is 0 Å². The van der Waals surface area contributed by atoms with Gasteiger partial charge in [-0.3, -0.25) is 0 Å². The first kappa shape index (κ1) is 35.7. The van der Waals surface area contributed by atoms with Crippen molar-refractivity contribution in [3.05, 3.63) is 0 Å². The summed E-state index contributed by atoms with van der Waals surface area (Å²) in [5.74, 6) is 0. The van der Waals surface area contributed by atoms with E-state index < -0.39 is 0 Å². The molecule has 0 amide bonds.